The second-order valence-electron chi connectivity index (χ2n) is 4.48. The number of nitrogens with two attached hydrogens (primary N) is 1. The fraction of sp³-hybridized carbons (Fsp3) is 0.308. The van der Waals surface area contributed by atoms with Crippen molar-refractivity contribution in [1.29, 1.82) is 0 Å². The van der Waals surface area contributed by atoms with Crippen LogP contribution in [0.1, 0.15) is 16.6 Å². The topological polar surface area (TPSA) is 75.3 Å². The van der Waals surface area contributed by atoms with Crippen LogP contribution in [-0.2, 0) is 0 Å². The van der Waals surface area contributed by atoms with E-state index in [0.29, 0.717) is 22.1 Å². The molecule has 2 aromatic rings. The molecule has 6 heteroatoms. The number of aliphatic hydroxyl groups is 1. The Morgan fingerprint density at radius 1 is 1.58 bits per heavy atom. The summed E-state index contributed by atoms with van der Waals surface area (Å²) in [5.74, 6) is -0.191. The number of thiophene rings is 1. The van der Waals surface area contributed by atoms with Crippen molar-refractivity contribution in [1.82, 2.24) is 5.32 Å². The molecule has 0 saturated heterocycles. The molecule has 102 valence electrons. The fourth-order valence-electron chi connectivity index (χ4n) is 1.67. The first-order chi connectivity index (χ1) is 9.02. The highest BCUT2D eigenvalue weighted by Gasteiger charge is 2.16. The van der Waals surface area contributed by atoms with E-state index in [0.717, 1.165) is 10.1 Å². The number of hydrogen-bond donors (Lipinski definition) is 3. The first-order valence-electron chi connectivity index (χ1n) is 5.89. The van der Waals surface area contributed by atoms with Gasteiger partial charge < -0.3 is 16.2 Å². The Hall–Kier alpha value is -1.30. The number of nitrogen functional groups attached to an aromatic ring is 1. The Kier molecular flexibility index (Phi) is 4.29. The van der Waals surface area contributed by atoms with Crippen LogP contribution in [0.25, 0.3) is 10.1 Å². The third-order valence-corrected chi connectivity index (χ3v) is 4.22. The van der Waals surface area contributed by atoms with Crippen LogP contribution in [0.2, 0.25) is 5.02 Å². The van der Waals surface area contributed by atoms with E-state index < -0.39 is 0 Å². The highest BCUT2D eigenvalue weighted by molar-refractivity contribution is 7.21. The lowest BCUT2D eigenvalue weighted by atomic mass is 10.2. The third-order valence-electron chi connectivity index (χ3n) is 2.82. The van der Waals surface area contributed by atoms with Gasteiger partial charge in [0.15, 0.2) is 0 Å². The summed E-state index contributed by atoms with van der Waals surface area (Å²) in [6, 6.07) is 5.37. The van der Waals surface area contributed by atoms with Gasteiger partial charge in [-0.05, 0) is 24.1 Å². The maximum Gasteiger partial charge on any atom is 0.263 e. The molecule has 1 amide bonds. The number of nitrogens with one attached hydrogen (secondary N) is 1. The largest absolute Gasteiger partial charge is 0.397 e. The summed E-state index contributed by atoms with van der Waals surface area (Å²) < 4.78 is 0.894. The van der Waals surface area contributed by atoms with E-state index in [2.05, 4.69) is 5.32 Å². The van der Waals surface area contributed by atoms with Gasteiger partial charge >= 0.3 is 0 Å². The zero-order chi connectivity index (χ0) is 14.0. The zero-order valence-electron chi connectivity index (χ0n) is 10.4. The highest BCUT2D eigenvalue weighted by atomic mass is 35.5. The number of anilines is 1. The van der Waals surface area contributed by atoms with Gasteiger partial charge in [-0.3, -0.25) is 4.79 Å². The van der Waals surface area contributed by atoms with Crippen molar-refractivity contribution in [2.45, 2.75) is 6.92 Å². The van der Waals surface area contributed by atoms with Crippen molar-refractivity contribution in [3.63, 3.8) is 0 Å². The molecule has 0 saturated carbocycles. The van der Waals surface area contributed by atoms with Crippen molar-refractivity contribution in [2.75, 3.05) is 18.9 Å². The summed E-state index contributed by atoms with van der Waals surface area (Å²) in [6.07, 6.45) is 0. The van der Waals surface area contributed by atoms with Gasteiger partial charge in [0.25, 0.3) is 5.91 Å². The molecule has 1 aromatic heterocycles. The minimum atomic E-state index is -0.213. The first kappa shape index (κ1) is 14.1. The lowest BCUT2D eigenvalue weighted by molar-refractivity contribution is 0.0947. The van der Waals surface area contributed by atoms with E-state index >= 15 is 0 Å². The van der Waals surface area contributed by atoms with Gasteiger partial charge in [0.2, 0.25) is 0 Å². The Morgan fingerprint density at radius 3 is 3.00 bits per heavy atom. The van der Waals surface area contributed by atoms with Crippen LogP contribution < -0.4 is 11.1 Å². The number of benzene rings is 1. The molecule has 19 heavy (non-hydrogen) atoms. The monoisotopic (exact) mass is 298 g/mol. The molecule has 1 heterocycles. The number of amides is 1. The van der Waals surface area contributed by atoms with Crippen LogP contribution in [0.5, 0.6) is 0 Å². The molecule has 1 aromatic carbocycles. The number of aliphatic hydroxyl groups excluding tert-OH is 1. The Balaban J connectivity index is 2.25. The van der Waals surface area contributed by atoms with Crippen molar-refractivity contribution in [2.24, 2.45) is 5.92 Å². The molecule has 1 unspecified atom stereocenters. The van der Waals surface area contributed by atoms with E-state index in [9.17, 15) is 4.79 Å². The molecule has 1 atom stereocenters. The molecule has 0 radical (unpaired) electrons. The summed E-state index contributed by atoms with van der Waals surface area (Å²) in [5.41, 5.74) is 6.46. The smallest absolute Gasteiger partial charge is 0.263 e. The fourth-order valence-corrected chi connectivity index (χ4v) is 2.99. The van der Waals surface area contributed by atoms with Gasteiger partial charge in [-0.25, -0.2) is 0 Å². The predicted molar refractivity (Wildman–Crippen MR) is 79.8 cm³/mol. The molecule has 2 rings (SSSR count). The van der Waals surface area contributed by atoms with Crippen molar-refractivity contribution in [3.8, 4) is 0 Å². The van der Waals surface area contributed by atoms with Crippen molar-refractivity contribution in [3.05, 3.63) is 28.1 Å². The van der Waals surface area contributed by atoms with Gasteiger partial charge in [0, 0.05) is 28.3 Å². The summed E-state index contributed by atoms with van der Waals surface area (Å²) in [5, 5.41) is 13.2. The number of hydrogen-bond acceptors (Lipinski definition) is 4. The molecule has 0 bridgehead atoms. The maximum atomic E-state index is 12.0. The Labute approximate surface area is 120 Å². The maximum absolute atomic E-state index is 12.0. The average molecular weight is 299 g/mol. The Bertz CT molecular complexity index is 612. The van der Waals surface area contributed by atoms with Gasteiger partial charge in [0.1, 0.15) is 4.88 Å². The number of carbonyl (C=O) groups is 1. The molecular formula is C13H15ClN2O2S. The third kappa shape index (κ3) is 3.00. The van der Waals surface area contributed by atoms with E-state index in [4.69, 9.17) is 22.4 Å². The molecule has 0 spiro atoms. The molecule has 4 nitrogen and oxygen atoms in total. The van der Waals surface area contributed by atoms with E-state index in [-0.39, 0.29) is 18.4 Å². The van der Waals surface area contributed by atoms with Gasteiger partial charge in [-0.2, -0.15) is 0 Å². The van der Waals surface area contributed by atoms with Crippen LogP contribution >= 0.6 is 22.9 Å². The van der Waals surface area contributed by atoms with E-state index in [1.54, 1.807) is 12.1 Å². The number of rotatable bonds is 4. The number of halogens is 1. The normalized spacial score (nSPS) is 12.6. The lowest BCUT2D eigenvalue weighted by Gasteiger charge is -2.08. The molecular weight excluding hydrogens is 284 g/mol. The standard InChI is InChI=1S/C13H15ClN2O2S/c1-7(6-17)5-16-13(18)12-11(15)9-3-2-8(14)4-10(9)19-12/h2-4,7,17H,5-6,15H2,1H3,(H,16,18). The molecule has 4 N–H and O–H groups in total. The van der Waals surface area contributed by atoms with E-state index in [1.165, 1.54) is 11.3 Å². The summed E-state index contributed by atoms with van der Waals surface area (Å²) in [7, 11) is 0. The van der Waals surface area contributed by atoms with Crippen molar-refractivity contribution < 1.29 is 9.90 Å². The predicted octanol–water partition coefficient (Wildman–Crippen LogP) is 2.50. The highest BCUT2D eigenvalue weighted by Crippen LogP contribution is 2.35. The van der Waals surface area contributed by atoms with Gasteiger partial charge in [-0.15, -0.1) is 11.3 Å². The zero-order valence-corrected chi connectivity index (χ0v) is 12.0. The number of carbonyl (C=O) groups excluding carboxylic acids is 1. The van der Waals surface area contributed by atoms with E-state index in [1.807, 2.05) is 13.0 Å². The quantitative estimate of drug-likeness (QED) is 0.812. The second kappa shape index (κ2) is 5.77. The van der Waals surface area contributed by atoms with Crippen LogP contribution in [0.3, 0.4) is 0 Å². The van der Waals surface area contributed by atoms with Crippen molar-refractivity contribution >= 4 is 44.6 Å². The second-order valence-corrected chi connectivity index (χ2v) is 5.97. The summed E-state index contributed by atoms with van der Waals surface area (Å²) in [6.45, 7) is 2.32. The lowest BCUT2D eigenvalue weighted by Crippen LogP contribution is -2.29. The van der Waals surface area contributed by atoms with Gasteiger partial charge in [-0.1, -0.05) is 18.5 Å². The van der Waals surface area contributed by atoms with Gasteiger partial charge in [0.05, 0.1) is 5.69 Å². The molecule has 0 aliphatic heterocycles. The van der Waals surface area contributed by atoms with Crippen LogP contribution in [0.4, 0.5) is 5.69 Å². The number of fused-ring (bicyclic) bond motifs is 1. The molecule has 0 aliphatic rings. The summed E-state index contributed by atoms with van der Waals surface area (Å²) in [4.78, 5) is 12.5. The minimum Gasteiger partial charge on any atom is -0.397 e. The first-order valence-corrected chi connectivity index (χ1v) is 7.09. The van der Waals surface area contributed by atoms with Crippen LogP contribution in [-0.4, -0.2) is 24.2 Å². The Morgan fingerprint density at radius 2 is 2.32 bits per heavy atom. The van der Waals surface area contributed by atoms with Crippen LogP contribution in [0.15, 0.2) is 18.2 Å². The average Bonchev–Trinajstić information content (AvgIpc) is 2.72. The minimum absolute atomic E-state index is 0.0222. The molecule has 0 aliphatic carbocycles. The molecule has 0 fully saturated rings. The SMILES string of the molecule is CC(CO)CNC(=O)c1sc2cc(Cl)ccc2c1N. The summed E-state index contributed by atoms with van der Waals surface area (Å²) >= 11 is 7.24. The van der Waals surface area contributed by atoms with Crippen LogP contribution in [0, 0.1) is 5.92 Å².